The zero-order valence-electron chi connectivity index (χ0n) is 18.2. The second kappa shape index (κ2) is 7.93. The van der Waals surface area contributed by atoms with Crippen LogP contribution in [0.4, 0.5) is 0 Å². The van der Waals surface area contributed by atoms with Crippen molar-refractivity contribution in [2.45, 2.75) is 32.2 Å². The highest BCUT2D eigenvalue weighted by atomic mass is 16.2. The number of aromatic nitrogens is 3. The Balaban J connectivity index is 1.37. The number of likely N-dealkylation sites (tertiary alicyclic amines) is 2. The molecule has 1 amide bonds. The molecule has 6 nitrogen and oxygen atoms in total. The lowest BCUT2D eigenvalue weighted by molar-refractivity contribution is -0.129. The topological polar surface area (TPSA) is 65.1 Å². The molecule has 31 heavy (non-hydrogen) atoms. The first-order valence-corrected chi connectivity index (χ1v) is 11.0. The van der Waals surface area contributed by atoms with Gasteiger partial charge in [0.15, 0.2) is 5.82 Å². The molecule has 3 heterocycles. The van der Waals surface area contributed by atoms with Crippen LogP contribution in [0.2, 0.25) is 0 Å². The zero-order chi connectivity index (χ0) is 21.4. The third-order valence-electron chi connectivity index (χ3n) is 6.93. The number of fused-ring (bicyclic) bond motifs is 1. The quantitative estimate of drug-likeness (QED) is 0.696. The number of nitrogens with zero attached hydrogens (tertiary/aromatic N) is 4. The molecule has 0 saturated carbocycles. The molecule has 2 fully saturated rings. The molecule has 2 saturated heterocycles. The van der Waals surface area contributed by atoms with E-state index < -0.39 is 0 Å². The minimum Gasteiger partial charge on any atom is -0.341 e. The number of amides is 1. The fraction of sp³-hybridized carbons (Fsp3) is 0.400. The molecule has 1 aromatic heterocycles. The molecule has 2 aromatic carbocycles. The number of aryl methyl sites for hydroxylation is 2. The summed E-state index contributed by atoms with van der Waals surface area (Å²) in [5, 5.41) is 7.59. The molecular formula is C25H29N5O. The normalized spacial score (nSPS) is 23.3. The van der Waals surface area contributed by atoms with Crippen molar-refractivity contribution in [1.29, 1.82) is 0 Å². The summed E-state index contributed by atoms with van der Waals surface area (Å²) >= 11 is 0. The van der Waals surface area contributed by atoms with Gasteiger partial charge in [0.1, 0.15) is 5.82 Å². The van der Waals surface area contributed by atoms with Crippen molar-refractivity contribution < 1.29 is 4.79 Å². The van der Waals surface area contributed by atoms with Crippen molar-refractivity contribution in [1.82, 2.24) is 25.0 Å². The smallest absolute Gasteiger partial charge is 0.227 e. The van der Waals surface area contributed by atoms with E-state index in [2.05, 4.69) is 64.5 Å². The van der Waals surface area contributed by atoms with E-state index in [0.717, 1.165) is 43.4 Å². The van der Waals surface area contributed by atoms with Gasteiger partial charge in [-0.2, -0.15) is 5.10 Å². The van der Waals surface area contributed by atoms with Gasteiger partial charge in [-0.05, 0) is 30.5 Å². The summed E-state index contributed by atoms with van der Waals surface area (Å²) < 4.78 is 0. The van der Waals surface area contributed by atoms with Crippen LogP contribution in [0, 0.1) is 19.8 Å². The lowest BCUT2D eigenvalue weighted by atomic mass is 9.80. The second-order valence-corrected chi connectivity index (χ2v) is 9.13. The van der Waals surface area contributed by atoms with Gasteiger partial charge in [0, 0.05) is 38.6 Å². The summed E-state index contributed by atoms with van der Waals surface area (Å²) in [5.41, 5.74) is 3.39. The Labute approximate surface area is 183 Å². The van der Waals surface area contributed by atoms with Crippen LogP contribution in [0.5, 0.6) is 0 Å². The number of hydrogen-bond donors (Lipinski definition) is 1. The number of carbonyl (C=O) groups is 1. The molecule has 0 radical (unpaired) electrons. The molecule has 0 spiro atoms. The number of H-pyrrole nitrogens is 1. The summed E-state index contributed by atoms with van der Waals surface area (Å²) in [6.45, 7) is 8.21. The Hall–Kier alpha value is -2.99. The summed E-state index contributed by atoms with van der Waals surface area (Å²) in [4.78, 5) is 22.5. The second-order valence-electron chi connectivity index (χ2n) is 9.13. The summed E-state index contributed by atoms with van der Waals surface area (Å²) in [6, 6.07) is 18.7. The van der Waals surface area contributed by atoms with Gasteiger partial charge >= 0.3 is 0 Å². The standard InChI is InChI=1S/C25H29N5O/c1-18-8-6-7-11-21(18)12-23(31)30-15-22-14-29(13-20-9-4-3-5-10-20)16-25(22,17-30)24-26-19(2)27-28-24/h3-11,22H,12-17H2,1-2H3,(H,26,27,28)/t22-,25-/m0/s1. The van der Waals surface area contributed by atoms with Gasteiger partial charge in [-0.15, -0.1) is 0 Å². The Bertz CT molecular complexity index is 1080. The van der Waals surface area contributed by atoms with Crippen molar-refractivity contribution in [3.05, 3.63) is 82.9 Å². The zero-order valence-corrected chi connectivity index (χ0v) is 18.2. The average molecular weight is 416 g/mol. The number of carbonyl (C=O) groups excluding carboxylic acids is 1. The first-order valence-electron chi connectivity index (χ1n) is 11.0. The van der Waals surface area contributed by atoms with E-state index in [-0.39, 0.29) is 11.3 Å². The predicted molar refractivity (Wildman–Crippen MR) is 119 cm³/mol. The third kappa shape index (κ3) is 3.76. The largest absolute Gasteiger partial charge is 0.341 e. The maximum atomic E-state index is 13.2. The van der Waals surface area contributed by atoms with Gasteiger partial charge in [-0.25, -0.2) is 4.98 Å². The van der Waals surface area contributed by atoms with E-state index in [1.54, 1.807) is 0 Å². The molecule has 6 heteroatoms. The number of nitrogens with one attached hydrogen (secondary N) is 1. The number of benzene rings is 2. The van der Waals surface area contributed by atoms with E-state index in [1.807, 2.05) is 24.0 Å². The van der Waals surface area contributed by atoms with Crippen LogP contribution in [-0.2, 0) is 23.2 Å². The molecule has 5 rings (SSSR count). The Morgan fingerprint density at radius 3 is 2.58 bits per heavy atom. The fourth-order valence-electron chi connectivity index (χ4n) is 5.29. The molecule has 2 aliphatic rings. The van der Waals surface area contributed by atoms with E-state index >= 15 is 0 Å². The first kappa shape index (κ1) is 19.9. The Morgan fingerprint density at radius 1 is 1.06 bits per heavy atom. The van der Waals surface area contributed by atoms with Crippen LogP contribution < -0.4 is 0 Å². The van der Waals surface area contributed by atoms with Crippen LogP contribution in [0.25, 0.3) is 0 Å². The number of hydrogen-bond acceptors (Lipinski definition) is 4. The molecule has 2 aliphatic heterocycles. The molecule has 2 atom stereocenters. The Kier molecular flexibility index (Phi) is 5.10. The van der Waals surface area contributed by atoms with Crippen molar-refractivity contribution in [3.8, 4) is 0 Å². The highest BCUT2D eigenvalue weighted by Gasteiger charge is 2.56. The minimum absolute atomic E-state index is 0.199. The van der Waals surface area contributed by atoms with Crippen LogP contribution in [0.1, 0.15) is 28.3 Å². The van der Waals surface area contributed by atoms with E-state index in [0.29, 0.717) is 18.9 Å². The lowest BCUT2D eigenvalue weighted by Crippen LogP contribution is -2.40. The van der Waals surface area contributed by atoms with Gasteiger partial charge in [-0.3, -0.25) is 14.8 Å². The highest BCUT2D eigenvalue weighted by Crippen LogP contribution is 2.44. The van der Waals surface area contributed by atoms with Gasteiger partial charge in [0.05, 0.1) is 11.8 Å². The molecular weight excluding hydrogens is 386 g/mol. The van der Waals surface area contributed by atoms with Crippen LogP contribution in [-0.4, -0.2) is 57.1 Å². The number of aromatic amines is 1. The van der Waals surface area contributed by atoms with E-state index in [1.165, 1.54) is 11.1 Å². The molecule has 0 bridgehead atoms. The molecule has 3 aromatic rings. The fourth-order valence-corrected chi connectivity index (χ4v) is 5.29. The van der Waals surface area contributed by atoms with Gasteiger partial charge in [0.2, 0.25) is 5.91 Å². The SMILES string of the molecule is Cc1nc([C@]23CN(Cc4ccccc4)C[C@H]2CN(C(=O)Cc2ccccc2C)C3)n[nH]1. The van der Waals surface area contributed by atoms with E-state index in [9.17, 15) is 4.79 Å². The molecule has 1 N–H and O–H groups in total. The van der Waals surface area contributed by atoms with Gasteiger partial charge in [-0.1, -0.05) is 54.6 Å². The van der Waals surface area contributed by atoms with Gasteiger partial charge in [0.25, 0.3) is 0 Å². The monoisotopic (exact) mass is 415 g/mol. The van der Waals surface area contributed by atoms with Gasteiger partial charge < -0.3 is 4.90 Å². The maximum absolute atomic E-state index is 13.2. The highest BCUT2D eigenvalue weighted by molar-refractivity contribution is 5.79. The van der Waals surface area contributed by atoms with Crippen LogP contribution in [0.3, 0.4) is 0 Å². The number of rotatable bonds is 5. The van der Waals surface area contributed by atoms with Crippen LogP contribution >= 0.6 is 0 Å². The Morgan fingerprint density at radius 2 is 1.84 bits per heavy atom. The van der Waals surface area contributed by atoms with Crippen molar-refractivity contribution in [2.24, 2.45) is 5.92 Å². The third-order valence-corrected chi connectivity index (χ3v) is 6.93. The van der Waals surface area contributed by atoms with Crippen molar-refractivity contribution in [3.63, 3.8) is 0 Å². The minimum atomic E-state index is -0.207. The van der Waals surface area contributed by atoms with E-state index in [4.69, 9.17) is 4.98 Å². The first-order chi connectivity index (χ1) is 15.0. The summed E-state index contributed by atoms with van der Waals surface area (Å²) in [7, 11) is 0. The predicted octanol–water partition coefficient (Wildman–Crippen LogP) is 2.88. The maximum Gasteiger partial charge on any atom is 0.227 e. The molecule has 0 aliphatic carbocycles. The summed E-state index contributed by atoms with van der Waals surface area (Å²) in [5.74, 6) is 2.23. The van der Waals surface area contributed by atoms with Crippen LogP contribution in [0.15, 0.2) is 54.6 Å². The average Bonchev–Trinajstić information content (AvgIpc) is 3.43. The van der Waals surface area contributed by atoms with Crippen molar-refractivity contribution in [2.75, 3.05) is 26.2 Å². The summed E-state index contributed by atoms with van der Waals surface area (Å²) in [6.07, 6.45) is 0.455. The molecule has 160 valence electrons. The van der Waals surface area contributed by atoms with Crippen molar-refractivity contribution >= 4 is 5.91 Å². The lowest BCUT2D eigenvalue weighted by Gasteiger charge is -2.27. The molecule has 0 unspecified atom stereocenters.